The Morgan fingerprint density at radius 1 is 1.21 bits per heavy atom. The fraction of sp³-hybridized carbons (Fsp3) is 0.273. The van der Waals surface area contributed by atoms with Crippen molar-refractivity contribution in [2.45, 2.75) is 19.3 Å². The van der Waals surface area contributed by atoms with Crippen LogP contribution < -0.4 is 5.32 Å². The first-order valence-corrected chi connectivity index (χ1v) is 11.7. The molecule has 1 aliphatic heterocycles. The molecule has 2 aromatic carbocycles. The predicted octanol–water partition coefficient (Wildman–Crippen LogP) is 5.87. The van der Waals surface area contributed by atoms with Crippen LogP contribution in [0.25, 0.3) is 22.1 Å². The molecule has 4 rings (SSSR count). The second-order valence-corrected chi connectivity index (χ2v) is 8.64. The van der Waals surface area contributed by atoms with Gasteiger partial charge < -0.3 is 14.6 Å². The van der Waals surface area contributed by atoms with E-state index in [0.717, 1.165) is 18.6 Å². The molecule has 0 bridgehead atoms. The van der Waals surface area contributed by atoms with E-state index in [0.29, 0.717) is 31.3 Å². The Morgan fingerprint density at radius 2 is 1.94 bits per heavy atom. The lowest BCUT2D eigenvalue weighted by atomic mass is 10.00. The van der Waals surface area contributed by atoms with Gasteiger partial charge in [0.05, 0.1) is 10.9 Å². The third-order valence-electron chi connectivity index (χ3n) is 5.56. The molecule has 2 atom stereocenters. The molecule has 1 fully saturated rings. The van der Waals surface area contributed by atoms with Gasteiger partial charge in [0.15, 0.2) is 0 Å². The van der Waals surface area contributed by atoms with Crippen LogP contribution in [0.15, 0.2) is 45.2 Å². The number of hydrogen-bond acceptors (Lipinski definition) is 3. The second-order valence-electron chi connectivity index (χ2n) is 7.62. The predicted molar refractivity (Wildman–Crippen MR) is 124 cm³/mol. The molecule has 2 heterocycles. The van der Waals surface area contributed by atoms with Crippen LogP contribution in [0.3, 0.4) is 0 Å². The molecule has 1 aliphatic rings. The lowest BCUT2D eigenvalue weighted by Gasteiger charge is -2.21. The van der Waals surface area contributed by atoms with Crippen molar-refractivity contribution in [3.8, 4) is 11.1 Å². The van der Waals surface area contributed by atoms with Crippen LogP contribution in [0, 0.1) is 17.6 Å². The maximum atomic E-state index is 14.5. The number of carbonyl (C=O) groups is 1. The Morgan fingerprint density at radius 3 is 2.67 bits per heavy atom. The molecule has 0 spiro atoms. The molecule has 7 nitrogen and oxygen atoms in total. The number of halogens is 3. The lowest BCUT2D eigenvalue weighted by Crippen LogP contribution is -2.35. The number of likely N-dealkylation sites (tertiary alicyclic amines) is 1. The van der Waals surface area contributed by atoms with E-state index < -0.39 is 28.9 Å². The second kappa shape index (κ2) is 9.98. The summed E-state index contributed by atoms with van der Waals surface area (Å²) < 4.78 is 57.6. The topological polar surface area (TPSA) is 95.1 Å². The molecule has 0 saturated carbocycles. The number of fused-ring (bicyclic) bond motifs is 1. The molecular formula is C22H20ClF2N3O4S. The number of urea groups is 1. The number of amides is 2. The van der Waals surface area contributed by atoms with Crippen LogP contribution in [0.1, 0.15) is 19.3 Å². The van der Waals surface area contributed by atoms with E-state index in [1.54, 1.807) is 17.0 Å². The first-order chi connectivity index (χ1) is 15.8. The zero-order valence-corrected chi connectivity index (χ0v) is 18.8. The fourth-order valence-corrected chi connectivity index (χ4v) is 4.49. The van der Waals surface area contributed by atoms with Crippen LogP contribution in [-0.4, -0.2) is 39.0 Å². The minimum absolute atomic E-state index is 0.0205. The van der Waals surface area contributed by atoms with Crippen LogP contribution >= 0.6 is 11.6 Å². The summed E-state index contributed by atoms with van der Waals surface area (Å²) in [5, 5.41) is 2.93. The van der Waals surface area contributed by atoms with Gasteiger partial charge in [0.1, 0.15) is 22.9 Å². The first kappa shape index (κ1) is 23.3. The van der Waals surface area contributed by atoms with Gasteiger partial charge in [0, 0.05) is 24.9 Å². The number of benzene rings is 2. The van der Waals surface area contributed by atoms with E-state index in [1.807, 2.05) is 0 Å². The van der Waals surface area contributed by atoms with Gasteiger partial charge in [0.25, 0.3) is 11.3 Å². The van der Waals surface area contributed by atoms with Gasteiger partial charge in [-0.1, -0.05) is 18.2 Å². The Hall–Kier alpha value is -2.82. The average Bonchev–Trinajstić information content (AvgIpc) is 2.94. The van der Waals surface area contributed by atoms with E-state index in [-0.39, 0.29) is 33.5 Å². The Labute approximate surface area is 195 Å². The van der Waals surface area contributed by atoms with Crippen LogP contribution in [-0.2, 0) is 11.3 Å². The number of anilines is 1. The molecule has 174 valence electrons. The van der Waals surface area contributed by atoms with Gasteiger partial charge in [-0.2, -0.15) is 4.40 Å². The number of carbonyl (C=O) groups excluding carboxylic acids is 1. The third-order valence-corrected chi connectivity index (χ3v) is 6.13. The molecular weight excluding hydrogens is 476 g/mol. The zero-order chi connectivity index (χ0) is 23.5. The Balaban J connectivity index is 1.62. The van der Waals surface area contributed by atoms with E-state index in [1.165, 1.54) is 18.3 Å². The smallest absolute Gasteiger partial charge is 0.321 e. The molecule has 1 aromatic heterocycles. The quantitative estimate of drug-likeness (QED) is 0.349. The zero-order valence-electron chi connectivity index (χ0n) is 17.3. The summed E-state index contributed by atoms with van der Waals surface area (Å²) in [5.74, 6) is -1.52. The molecule has 1 saturated heterocycles. The Bertz CT molecular complexity index is 1230. The fourth-order valence-electron chi connectivity index (χ4n) is 3.99. The summed E-state index contributed by atoms with van der Waals surface area (Å²) in [7, 11) is 0. The number of hydrogen-bond donors (Lipinski definition) is 2. The van der Waals surface area contributed by atoms with E-state index in [4.69, 9.17) is 20.6 Å². The minimum Gasteiger partial charge on any atom is -0.442 e. The number of rotatable bonds is 4. The summed E-state index contributed by atoms with van der Waals surface area (Å²) in [6.45, 7) is 0.851. The summed E-state index contributed by atoms with van der Waals surface area (Å²) in [6.07, 6.45) is 3.41. The minimum atomic E-state index is -2.25. The van der Waals surface area contributed by atoms with Crippen molar-refractivity contribution >= 4 is 51.8 Å². The molecule has 11 heteroatoms. The van der Waals surface area contributed by atoms with Crippen molar-refractivity contribution in [2.75, 3.05) is 18.4 Å². The highest BCUT2D eigenvalue weighted by atomic mass is 35.5. The average molecular weight is 496 g/mol. The van der Waals surface area contributed by atoms with Crippen LogP contribution in [0.4, 0.5) is 19.3 Å². The normalized spacial score (nSPS) is 17.9. The van der Waals surface area contributed by atoms with Gasteiger partial charge in [-0.05, 0) is 55.0 Å². The van der Waals surface area contributed by atoms with Crippen molar-refractivity contribution in [3.63, 3.8) is 0 Å². The SMILES string of the molecule is O=C(Nc1c(Cl)oc2cccc(-c3c(F)cccc3F)c12)N1CCCC(/C=N/S(=O)O)CC1. The Kier molecular flexibility index (Phi) is 7.06. The summed E-state index contributed by atoms with van der Waals surface area (Å²) in [4.78, 5) is 14.6. The van der Waals surface area contributed by atoms with E-state index >= 15 is 0 Å². The number of nitrogens with zero attached hydrogens (tertiary/aromatic N) is 2. The summed E-state index contributed by atoms with van der Waals surface area (Å²) >= 11 is 4.01. The van der Waals surface area contributed by atoms with E-state index in [9.17, 15) is 17.8 Å². The van der Waals surface area contributed by atoms with Crippen molar-refractivity contribution in [3.05, 3.63) is 53.3 Å². The van der Waals surface area contributed by atoms with Gasteiger partial charge in [-0.15, -0.1) is 0 Å². The lowest BCUT2D eigenvalue weighted by molar-refractivity contribution is 0.213. The van der Waals surface area contributed by atoms with Gasteiger partial charge in [-0.3, -0.25) is 4.55 Å². The highest BCUT2D eigenvalue weighted by molar-refractivity contribution is 7.77. The summed E-state index contributed by atoms with van der Waals surface area (Å²) in [6, 6.07) is 7.86. The standard InChI is InChI=1S/C22H20ClF2N3O4S/c23-21-20(27-22(29)28-10-3-4-13(9-11-28)12-26-33(30)31)19-14(5-1-8-17(19)32-21)18-15(24)6-2-7-16(18)25/h1-2,5-8,12-13H,3-4,9-11H2,(H,27,29)(H,30,31)/b26-12+. The highest BCUT2D eigenvalue weighted by Crippen LogP contribution is 2.42. The molecule has 3 aromatic rings. The van der Waals surface area contributed by atoms with Crippen molar-refractivity contribution < 1.29 is 26.8 Å². The van der Waals surface area contributed by atoms with Crippen LogP contribution in [0.2, 0.25) is 5.22 Å². The van der Waals surface area contributed by atoms with Gasteiger partial charge in [0.2, 0.25) is 5.22 Å². The number of furan rings is 1. The number of nitrogens with one attached hydrogen (secondary N) is 1. The van der Waals surface area contributed by atoms with Crippen molar-refractivity contribution in [1.29, 1.82) is 0 Å². The van der Waals surface area contributed by atoms with Crippen molar-refractivity contribution in [1.82, 2.24) is 4.90 Å². The maximum absolute atomic E-state index is 14.5. The molecule has 2 amide bonds. The van der Waals surface area contributed by atoms with Crippen LogP contribution in [0.5, 0.6) is 0 Å². The molecule has 33 heavy (non-hydrogen) atoms. The van der Waals surface area contributed by atoms with Crippen molar-refractivity contribution in [2.24, 2.45) is 10.3 Å². The summed E-state index contributed by atoms with van der Waals surface area (Å²) in [5.41, 5.74) is 0.375. The maximum Gasteiger partial charge on any atom is 0.321 e. The molecule has 2 N–H and O–H groups in total. The molecule has 2 unspecified atom stereocenters. The highest BCUT2D eigenvalue weighted by Gasteiger charge is 2.25. The van der Waals surface area contributed by atoms with Gasteiger partial charge >= 0.3 is 6.03 Å². The molecule has 0 aliphatic carbocycles. The van der Waals surface area contributed by atoms with E-state index in [2.05, 4.69) is 9.71 Å². The third kappa shape index (κ3) is 5.07. The monoisotopic (exact) mass is 495 g/mol. The first-order valence-electron chi connectivity index (χ1n) is 10.2. The largest absolute Gasteiger partial charge is 0.442 e. The van der Waals surface area contributed by atoms with Gasteiger partial charge in [-0.25, -0.2) is 17.8 Å². The molecule has 0 radical (unpaired) electrons.